The molecule has 0 radical (unpaired) electrons. The van der Waals surface area contributed by atoms with Gasteiger partial charge in [0.1, 0.15) is 0 Å². The van der Waals surface area contributed by atoms with E-state index in [9.17, 15) is 0 Å². The van der Waals surface area contributed by atoms with Crippen molar-refractivity contribution < 1.29 is 0 Å². The van der Waals surface area contributed by atoms with Crippen LogP contribution < -0.4 is 5.73 Å². The zero-order valence-corrected chi connectivity index (χ0v) is 8.18. The van der Waals surface area contributed by atoms with E-state index in [1.165, 1.54) is 38.5 Å². The molecule has 2 atom stereocenters. The highest BCUT2D eigenvalue weighted by Crippen LogP contribution is 2.60. The van der Waals surface area contributed by atoms with Crippen molar-refractivity contribution >= 4 is 0 Å². The summed E-state index contributed by atoms with van der Waals surface area (Å²) in [7, 11) is 0. The fourth-order valence-electron chi connectivity index (χ4n) is 3.03. The zero-order chi connectivity index (χ0) is 8.60. The van der Waals surface area contributed by atoms with Gasteiger partial charge in [-0.25, -0.2) is 0 Å². The predicted octanol–water partition coefficient (Wildman–Crippen LogP) is 2.55. The average Bonchev–Trinajstić information content (AvgIpc) is 2.72. The minimum Gasteiger partial charge on any atom is -0.330 e. The van der Waals surface area contributed by atoms with E-state index in [1.807, 2.05) is 0 Å². The highest BCUT2D eigenvalue weighted by atomic mass is 14.7. The van der Waals surface area contributed by atoms with Gasteiger partial charge in [-0.3, -0.25) is 0 Å². The van der Waals surface area contributed by atoms with Crippen LogP contribution in [0.4, 0.5) is 0 Å². The molecule has 2 unspecified atom stereocenters. The third kappa shape index (κ3) is 1.39. The molecule has 1 nitrogen and oxygen atoms in total. The van der Waals surface area contributed by atoms with E-state index in [0.29, 0.717) is 5.41 Å². The molecule has 2 N–H and O–H groups in total. The standard InChI is InChI=1S/C11H21N/c1-2-3-4-11(8-12)6-9-5-10(9)7-11/h9-10H,2-8,12H2,1H3. The average molecular weight is 167 g/mol. The van der Waals surface area contributed by atoms with Gasteiger partial charge >= 0.3 is 0 Å². The van der Waals surface area contributed by atoms with Crippen molar-refractivity contribution in [2.24, 2.45) is 23.0 Å². The molecule has 2 saturated carbocycles. The summed E-state index contributed by atoms with van der Waals surface area (Å²) >= 11 is 0. The van der Waals surface area contributed by atoms with Gasteiger partial charge in [-0.15, -0.1) is 0 Å². The molecule has 0 aromatic heterocycles. The Labute approximate surface area is 75.7 Å². The second-order valence-corrected chi connectivity index (χ2v) is 4.97. The van der Waals surface area contributed by atoms with Gasteiger partial charge < -0.3 is 5.73 Å². The van der Waals surface area contributed by atoms with Crippen molar-refractivity contribution in [2.45, 2.75) is 45.4 Å². The van der Waals surface area contributed by atoms with Crippen LogP contribution in [0.3, 0.4) is 0 Å². The third-order valence-corrected chi connectivity index (χ3v) is 3.95. The van der Waals surface area contributed by atoms with E-state index < -0.39 is 0 Å². The Morgan fingerprint density at radius 3 is 2.50 bits per heavy atom. The van der Waals surface area contributed by atoms with Crippen LogP contribution in [0.1, 0.15) is 45.4 Å². The van der Waals surface area contributed by atoms with Crippen molar-refractivity contribution in [3.05, 3.63) is 0 Å². The Morgan fingerprint density at radius 1 is 1.33 bits per heavy atom. The van der Waals surface area contributed by atoms with E-state index in [1.54, 1.807) is 0 Å². The van der Waals surface area contributed by atoms with Gasteiger partial charge in [0.2, 0.25) is 0 Å². The molecule has 2 aliphatic rings. The third-order valence-electron chi connectivity index (χ3n) is 3.95. The first kappa shape index (κ1) is 8.55. The van der Waals surface area contributed by atoms with E-state index in [2.05, 4.69) is 6.92 Å². The van der Waals surface area contributed by atoms with Gasteiger partial charge in [0.15, 0.2) is 0 Å². The molecule has 1 heteroatoms. The van der Waals surface area contributed by atoms with Gasteiger partial charge in [-0.2, -0.15) is 0 Å². The SMILES string of the molecule is CCCCC1(CN)CC2CC2C1. The number of hydrogen-bond donors (Lipinski definition) is 1. The second kappa shape index (κ2) is 3.02. The molecule has 2 rings (SSSR count). The summed E-state index contributed by atoms with van der Waals surface area (Å²) in [4.78, 5) is 0. The van der Waals surface area contributed by atoms with E-state index >= 15 is 0 Å². The molecule has 12 heavy (non-hydrogen) atoms. The number of rotatable bonds is 4. The molecule has 2 aliphatic carbocycles. The van der Waals surface area contributed by atoms with Gasteiger partial charge in [-0.05, 0) is 49.5 Å². The Bertz CT molecular complexity index is 154. The van der Waals surface area contributed by atoms with E-state index in [-0.39, 0.29) is 0 Å². The lowest BCUT2D eigenvalue weighted by Gasteiger charge is -2.29. The molecule has 0 aromatic rings. The fourth-order valence-corrected chi connectivity index (χ4v) is 3.03. The van der Waals surface area contributed by atoms with Crippen LogP contribution in [0, 0.1) is 17.3 Å². The number of fused-ring (bicyclic) bond motifs is 1. The molecule has 0 saturated heterocycles. The minimum absolute atomic E-state index is 0.587. The van der Waals surface area contributed by atoms with Gasteiger partial charge in [-0.1, -0.05) is 19.8 Å². The normalized spacial score (nSPS) is 44.5. The van der Waals surface area contributed by atoms with E-state index in [0.717, 1.165) is 18.4 Å². The molecule has 2 fully saturated rings. The second-order valence-electron chi connectivity index (χ2n) is 4.97. The predicted molar refractivity (Wildman–Crippen MR) is 51.8 cm³/mol. The van der Waals surface area contributed by atoms with Crippen LogP contribution in [0.25, 0.3) is 0 Å². The molecule has 0 spiro atoms. The first-order valence-electron chi connectivity index (χ1n) is 5.50. The Hall–Kier alpha value is -0.0400. The topological polar surface area (TPSA) is 26.0 Å². The summed E-state index contributed by atoms with van der Waals surface area (Å²) in [6, 6.07) is 0. The largest absolute Gasteiger partial charge is 0.330 e. The van der Waals surface area contributed by atoms with Crippen LogP contribution in [-0.4, -0.2) is 6.54 Å². The maximum atomic E-state index is 5.89. The molecule has 0 aromatic carbocycles. The summed E-state index contributed by atoms with van der Waals surface area (Å²) in [5.74, 6) is 2.18. The smallest absolute Gasteiger partial charge is 0.00203 e. The number of hydrogen-bond acceptors (Lipinski definition) is 1. The van der Waals surface area contributed by atoms with Crippen molar-refractivity contribution in [1.29, 1.82) is 0 Å². The molecule has 70 valence electrons. The molecule has 0 bridgehead atoms. The highest BCUT2D eigenvalue weighted by molar-refractivity contribution is 5.03. The summed E-state index contributed by atoms with van der Waals surface area (Å²) in [5, 5.41) is 0. The van der Waals surface area contributed by atoms with Crippen molar-refractivity contribution in [2.75, 3.05) is 6.54 Å². The number of nitrogens with two attached hydrogens (primary N) is 1. The zero-order valence-electron chi connectivity index (χ0n) is 8.18. The fraction of sp³-hybridized carbons (Fsp3) is 1.00. The lowest BCUT2D eigenvalue weighted by molar-refractivity contribution is 0.245. The lowest BCUT2D eigenvalue weighted by Crippen LogP contribution is -2.28. The van der Waals surface area contributed by atoms with Crippen LogP contribution in [-0.2, 0) is 0 Å². The maximum Gasteiger partial charge on any atom is -0.00203 e. The molecular weight excluding hydrogens is 146 g/mol. The molecule has 0 heterocycles. The van der Waals surface area contributed by atoms with Crippen LogP contribution >= 0.6 is 0 Å². The summed E-state index contributed by atoms with van der Waals surface area (Å²) in [5.41, 5.74) is 6.48. The van der Waals surface area contributed by atoms with Gasteiger partial charge in [0, 0.05) is 0 Å². The molecule has 0 aliphatic heterocycles. The van der Waals surface area contributed by atoms with Gasteiger partial charge in [0.25, 0.3) is 0 Å². The monoisotopic (exact) mass is 167 g/mol. The Balaban J connectivity index is 1.87. The van der Waals surface area contributed by atoms with Crippen molar-refractivity contribution in [1.82, 2.24) is 0 Å². The van der Waals surface area contributed by atoms with Crippen molar-refractivity contribution in [3.63, 3.8) is 0 Å². The summed E-state index contributed by atoms with van der Waals surface area (Å²) in [6.45, 7) is 3.22. The first-order chi connectivity index (χ1) is 5.79. The van der Waals surface area contributed by atoms with E-state index in [4.69, 9.17) is 5.73 Å². The van der Waals surface area contributed by atoms with Crippen LogP contribution in [0.2, 0.25) is 0 Å². The molecule has 0 amide bonds. The lowest BCUT2D eigenvalue weighted by atomic mass is 9.78. The number of unbranched alkanes of at least 4 members (excludes halogenated alkanes) is 1. The Morgan fingerprint density at radius 2 is 2.00 bits per heavy atom. The quantitative estimate of drug-likeness (QED) is 0.684. The molecular formula is C11H21N. The Kier molecular flexibility index (Phi) is 2.16. The first-order valence-corrected chi connectivity index (χ1v) is 5.50. The van der Waals surface area contributed by atoms with Crippen molar-refractivity contribution in [3.8, 4) is 0 Å². The van der Waals surface area contributed by atoms with Crippen LogP contribution in [0.15, 0.2) is 0 Å². The highest BCUT2D eigenvalue weighted by Gasteiger charge is 2.52. The van der Waals surface area contributed by atoms with Gasteiger partial charge in [0.05, 0.1) is 0 Å². The maximum absolute atomic E-state index is 5.89. The minimum atomic E-state index is 0.587. The van der Waals surface area contributed by atoms with Crippen LogP contribution in [0.5, 0.6) is 0 Å². The summed E-state index contributed by atoms with van der Waals surface area (Å²) < 4.78 is 0. The summed E-state index contributed by atoms with van der Waals surface area (Å²) in [6.07, 6.45) is 8.54.